The van der Waals surface area contributed by atoms with Crippen LogP contribution in [0.5, 0.6) is 0 Å². The third-order valence-electron chi connectivity index (χ3n) is 5.07. The lowest BCUT2D eigenvalue weighted by atomic mass is 9.97. The largest absolute Gasteiger partial charge is 0.342 e. The van der Waals surface area contributed by atoms with E-state index in [-0.39, 0.29) is 5.91 Å². The molecule has 120 valence electrons. The first kappa shape index (κ1) is 14.2. The first-order valence-corrected chi connectivity index (χ1v) is 8.63. The summed E-state index contributed by atoms with van der Waals surface area (Å²) in [5.74, 6) is 2.78. The van der Waals surface area contributed by atoms with Gasteiger partial charge in [0, 0.05) is 31.5 Å². The fourth-order valence-electron chi connectivity index (χ4n) is 3.58. The minimum atomic E-state index is 0.282. The summed E-state index contributed by atoms with van der Waals surface area (Å²) in [5.41, 5.74) is 0. The highest BCUT2D eigenvalue weighted by molar-refractivity contribution is 5.78. The van der Waals surface area contributed by atoms with E-state index >= 15 is 0 Å². The Hall–Kier alpha value is -1.43. The van der Waals surface area contributed by atoms with Gasteiger partial charge in [0.2, 0.25) is 11.8 Å². The van der Waals surface area contributed by atoms with Crippen molar-refractivity contribution < 1.29 is 9.32 Å². The van der Waals surface area contributed by atoms with Gasteiger partial charge >= 0.3 is 0 Å². The lowest BCUT2D eigenvalue weighted by molar-refractivity contribution is -0.131. The molecule has 0 unspecified atom stereocenters. The van der Waals surface area contributed by atoms with Gasteiger partial charge in [-0.2, -0.15) is 4.98 Å². The first-order chi connectivity index (χ1) is 10.8. The number of hydrogen-bond acceptors (Lipinski definition) is 5. The van der Waals surface area contributed by atoms with E-state index in [1.165, 1.54) is 12.8 Å². The van der Waals surface area contributed by atoms with E-state index in [0.29, 0.717) is 18.4 Å². The Morgan fingerprint density at radius 3 is 2.68 bits per heavy atom. The van der Waals surface area contributed by atoms with Gasteiger partial charge in [0.25, 0.3) is 0 Å². The molecule has 1 amide bonds. The van der Waals surface area contributed by atoms with E-state index in [1.54, 1.807) is 0 Å². The summed E-state index contributed by atoms with van der Waals surface area (Å²) in [5, 5.41) is 4.18. The molecule has 3 aliphatic rings. The van der Waals surface area contributed by atoms with Crippen molar-refractivity contribution >= 4 is 5.91 Å². The van der Waals surface area contributed by atoms with Crippen LogP contribution in [-0.2, 0) is 4.79 Å². The van der Waals surface area contributed by atoms with Crippen LogP contribution >= 0.6 is 0 Å². The number of piperidine rings is 1. The Balaban J connectivity index is 1.35. The molecule has 1 atom stereocenters. The molecule has 2 saturated heterocycles. The molecule has 6 nitrogen and oxygen atoms in total. The van der Waals surface area contributed by atoms with E-state index in [4.69, 9.17) is 4.52 Å². The smallest absolute Gasteiger partial charge is 0.236 e. The van der Waals surface area contributed by atoms with Crippen LogP contribution in [0.2, 0.25) is 0 Å². The standard InChI is InChI=1S/C16H24N4O2/c21-14(20-8-1-2-9-20)11-19-7-3-4-13(10-19)15-17-16(22-18-15)12-5-6-12/h12-13H,1-11H2/t13-/m0/s1. The quantitative estimate of drug-likeness (QED) is 0.848. The minimum Gasteiger partial charge on any atom is -0.342 e. The van der Waals surface area contributed by atoms with Gasteiger partial charge in [-0.05, 0) is 45.1 Å². The van der Waals surface area contributed by atoms with Crippen LogP contribution in [0.1, 0.15) is 62.1 Å². The average molecular weight is 304 g/mol. The lowest BCUT2D eigenvalue weighted by Crippen LogP contribution is -2.43. The molecule has 0 bridgehead atoms. The Labute approximate surface area is 130 Å². The van der Waals surface area contributed by atoms with Crippen LogP contribution < -0.4 is 0 Å². The molecule has 2 aliphatic heterocycles. The van der Waals surface area contributed by atoms with Gasteiger partial charge in [-0.3, -0.25) is 9.69 Å². The van der Waals surface area contributed by atoms with E-state index in [0.717, 1.165) is 63.6 Å². The predicted molar refractivity (Wildman–Crippen MR) is 80.5 cm³/mol. The molecular weight excluding hydrogens is 280 g/mol. The summed E-state index contributed by atoms with van der Waals surface area (Å²) in [6, 6.07) is 0. The molecule has 1 saturated carbocycles. The van der Waals surface area contributed by atoms with Gasteiger partial charge < -0.3 is 9.42 Å². The van der Waals surface area contributed by atoms with Gasteiger partial charge in [0.15, 0.2) is 5.82 Å². The highest BCUT2D eigenvalue weighted by Crippen LogP contribution is 2.39. The van der Waals surface area contributed by atoms with Crippen molar-refractivity contribution in [2.24, 2.45) is 0 Å². The second-order valence-corrected chi connectivity index (χ2v) is 6.93. The van der Waals surface area contributed by atoms with E-state index in [2.05, 4.69) is 15.0 Å². The van der Waals surface area contributed by atoms with Crippen molar-refractivity contribution in [2.45, 2.75) is 50.4 Å². The summed E-state index contributed by atoms with van der Waals surface area (Å²) in [4.78, 5) is 21.1. The van der Waals surface area contributed by atoms with Crippen LogP contribution in [0.3, 0.4) is 0 Å². The number of carbonyl (C=O) groups excluding carboxylic acids is 1. The summed E-state index contributed by atoms with van der Waals surface area (Å²) in [7, 11) is 0. The summed E-state index contributed by atoms with van der Waals surface area (Å²) in [6.07, 6.45) is 6.87. The highest BCUT2D eigenvalue weighted by atomic mass is 16.5. The Bertz CT molecular complexity index is 534. The zero-order chi connectivity index (χ0) is 14.9. The second-order valence-electron chi connectivity index (χ2n) is 6.93. The van der Waals surface area contributed by atoms with Crippen molar-refractivity contribution in [3.8, 4) is 0 Å². The lowest BCUT2D eigenvalue weighted by Gasteiger charge is -2.31. The Morgan fingerprint density at radius 2 is 1.91 bits per heavy atom. The normalized spacial score (nSPS) is 26.5. The summed E-state index contributed by atoms with van der Waals surface area (Å²) in [6.45, 7) is 4.30. The fourth-order valence-corrected chi connectivity index (χ4v) is 3.58. The molecule has 0 N–H and O–H groups in total. The molecule has 1 aromatic heterocycles. The van der Waals surface area contributed by atoms with E-state index < -0.39 is 0 Å². The van der Waals surface area contributed by atoms with E-state index in [1.807, 2.05) is 4.90 Å². The number of likely N-dealkylation sites (tertiary alicyclic amines) is 2. The maximum Gasteiger partial charge on any atom is 0.236 e. The third-order valence-corrected chi connectivity index (χ3v) is 5.07. The Kier molecular flexibility index (Phi) is 3.86. The number of nitrogens with zero attached hydrogens (tertiary/aromatic N) is 4. The van der Waals surface area contributed by atoms with Gasteiger partial charge in [-0.1, -0.05) is 5.16 Å². The fraction of sp³-hybridized carbons (Fsp3) is 0.812. The molecule has 1 aromatic rings. The van der Waals surface area contributed by atoms with Crippen LogP contribution in [-0.4, -0.2) is 58.6 Å². The molecule has 3 heterocycles. The zero-order valence-electron chi connectivity index (χ0n) is 13.0. The molecule has 3 fully saturated rings. The summed E-state index contributed by atoms with van der Waals surface area (Å²) < 4.78 is 5.38. The zero-order valence-corrected chi connectivity index (χ0v) is 13.0. The van der Waals surface area contributed by atoms with Crippen LogP contribution in [0.25, 0.3) is 0 Å². The van der Waals surface area contributed by atoms with E-state index in [9.17, 15) is 4.79 Å². The third kappa shape index (κ3) is 3.02. The average Bonchev–Trinajstić information content (AvgIpc) is 3.06. The second kappa shape index (κ2) is 5.99. The topological polar surface area (TPSA) is 62.5 Å². The summed E-state index contributed by atoms with van der Waals surface area (Å²) >= 11 is 0. The van der Waals surface area contributed by atoms with Crippen LogP contribution in [0.4, 0.5) is 0 Å². The number of aromatic nitrogens is 2. The van der Waals surface area contributed by atoms with Crippen molar-refractivity contribution in [1.29, 1.82) is 0 Å². The Morgan fingerprint density at radius 1 is 1.09 bits per heavy atom. The van der Waals surface area contributed by atoms with Crippen molar-refractivity contribution in [2.75, 3.05) is 32.7 Å². The van der Waals surface area contributed by atoms with Gasteiger partial charge in [0.1, 0.15) is 0 Å². The van der Waals surface area contributed by atoms with Gasteiger partial charge in [-0.25, -0.2) is 0 Å². The van der Waals surface area contributed by atoms with Gasteiger partial charge in [0.05, 0.1) is 6.54 Å². The maximum atomic E-state index is 12.3. The SMILES string of the molecule is O=C(CN1CCC[C@H](c2noc(C3CC3)n2)C1)N1CCCC1. The van der Waals surface area contributed by atoms with Crippen molar-refractivity contribution in [3.05, 3.63) is 11.7 Å². The first-order valence-electron chi connectivity index (χ1n) is 8.63. The molecule has 22 heavy (non-hydrogen) atoms. The number of hydrogen-bond donors (Lipinski definition) is 0. The number of carbonyl (C=O) groups is 1. The van der Waals surface area contributed by atoms with Crippen LogP contribution in [0.15, 0.2) is 4.52 Å². The number of rotatable bonds is 4. The maximum absolute atomic E-state index is 12.3. The highest BCUT2D eigenvalue weighted by Gasteiger charge is 2.32. The molecule has 0 radical (unpaired) electrons. The molecule has 4 rings (SSSR count). The van der Waals surface area contributed by atoms with Crippen molar-refractivity contribution in [1.82, 2.24) is 19.9 Å². The monoisotopic (exact) mass is 304 g/mol. The van der Waals surface area contributed by atoms with Gasteiger partial charge in [-0.15, -0.1) is 0 Å². The minimum absolute atomic E-state index is 0.282. The molecule has 0 spiro atoms. The number of amides is 1. The molecule has 1 aliphatic carbocycles. The molecule has 6 heteroatoms. The van der Waals surface area contributed by atoms with Crippen molar-refractivity contribution in [3.63, 3.8) is 0 Å². The molecule has 0 aromatic carbocycles. The molecular formula is C16H24N4O2. The van der Waals surface area contributed by atoms with Crippen LogP contribution in [0, 0.1) is 0 Å². The predicted octanol–water partition coefficient (Wildman–Crippen LogP) is 1.75.